The minimum Gasteiger partial charge on any atom is -0.489 e. The first-order chi connectivity index (χ1) is 18.5. The lowest BCUT2D eigenvalue weighted by Gasteiger charge is -2.25. The number of furan rings is 1. The van der Waals surface area contributed by atoms with E-state index in [0.717, 1.165) is 16.2 Å². The molecule has 206 valence electrons. The molecule has 0 radical (unpaired) electrons. The van der Waals surface area contributed by atoms with Gasteiger partial charge in [0.25, 0.3) is 5.91 Å². The normalized spacial score (nSPS) is 11.6. The Morgan fingerprint density at radius 1 is 1.08 bits per heavy atom. The molecule has 0 unspecified atom stereocenters. The second-order valence-electron chi connectivity index (χ2n) is 9.14. The summed E-state index contributed by atoms with van der Waals surface area (Å²) in [5, 5.41) is 15.8. The van der Waals surface area contributed by atoms with Gasteiger partial charge >= 0.3 is 0 Å². The molecule has 4 aromatic rings. The van der Waals surface area contributed by atoms with Crippen LogP contribution in [0.1, 0.15) is 24.2 Å². The van der Waals surface area contributed by atoms with E-state index in [-0.39, 0.29) is 41.0 Å². The number of ether oxygens (including phenoxy) is 1. The summed E-state index contributed by atoms with van der Waals surface area (Å²) in [6.07, 6.45) is 0.740. The molecule has 0 aliphatic heterocycles. The summed E-state index contributed by atoms with van der Waals surface area (Å²) < 4.78 is 51.5. The molecule has 4 rings (SSSR count). The topological polar surface area (TPSA) is 121 Å². The number of sulfonamides is 1. The maximum Gasteiger partial charge on any atom is 0.255 e. The molecule has 0 fully saturated rings. The zero-order valence-corrected chi connectivity index (χ0v) is 22.8. The van der Waals surface area contributed by atoms with E-state index in [4.69, 9.17) is 9.15 Å². The highest BCUT2D eigenvalue weighted by Crippen LogP contribution is 2.41. The third kappa shape index (κ3) is 6.15. The number of carbonyl (C=O) groups excluding carboxylic acids is 1. The average Bonchev–Trinajstić information content (AvgIpc) is 3.25. The van der Waals surface area contributed by atoms with Crippen LogP contribution in [0, 0.1) is 5.82 Å². The van der Waals surface area contributed by atoms with Crippen molar-refractivity contribution in [1.82, 2.24) is 5.32 Å². The lowest BCUT2D eigenvalue weighted by molar-refractivity contribution is 0.0964. The summed E-state index contributed by atoms with van der Waals surface area (Å²) >= 11 is 0. The number of benzene rings is 3. The fourth-order valence-electron chi connectivity index (χ4n) is 4.17. The van der Waals surface area contributed by atoms with Crippen LogP contribution in [0.15, 0.2) is 65.1 Å². The van der Waals surface area contributed by atoms with Crippen LogP contribution < -0.4 is 19.7 Å². The molecule has 11 heteroatoms. The van der Waals surface area contributed by atoms with Gasteiger partial charge in [0.2, 0.25) is 10.0 Å². The summed E-state index contributed by atoms with van der Waals surface area (Å²) in [5.74, 6) is -0.203. The number of nitrogens with one attached hydrogen (secondary N) is 2. The van der Waals surface area contributed by atoms with E-state index in [9.17, 15) is 22.7 Å². The third-order valence-electron chi connectivity index (χ3n) is 5.84. The van der Waals surface area contributed by atoms with Crippen LogP contribution >= 0.6 is 0 Å². The highest BCUT2D eigenvalue weighted by molar-refractivity contribution is 7.92. The Hall–Kier alpha value is -4.09. The molecular weight excluding hydrogens is 525 g/mol. The minimum absolute atomic E-state index is 0.183. The van der Waals surface area contributed by atoms with Gasteiger partial charge in [-0.25, -0.2) is 12.8 Å². The Labute approximate surface area is 226 Å². The number of amides is 1. The highest BCUT2D eigenvalue weighted by Gasteiger charge is 2.27. The van der Waals surface area contributed by atoms with Crippen LogP contribution in [0.3, 0.4) is 0 Å². The third-order valence-corrected chi connectivity index (χ3v) is 7.02. The van der Waals surface area contributed by atoms with Crippen molar-refractivity contribution >= 4 is 44.0 Å². The largest absolute Gasteiger partial charge is 0.489 e. The molecule has 0 aliphatic carbocycles. The van der Waals surface area contributed by atoms with E-state index >= 15 is 0 Å². The van der Waals surface area contributed by atoms with E-state index in [2.05, 4.69) is 10.6 Å². The lowest BCUT2D eigenvalue weighted by atomic mass is 10.0. The van der Waals surface area contributed by atoms with Crippen LogP contribution in [0.4, 0.5) is 21.5 Å². The van der Waals surface area contributed by atoms with Crippen molar-refractivity contribution in [1.29, 1.82) is 0 Å². The van der Waals surface area contributed by atoms with Crippen molar-refractivity contribution in [2.75, 3.05) is 36.1 Å². The van der Waals surface area contributed by atoms with Crippen LogP contribution in [0.2, 0.25) is 0 Å². The molecule has 9 nitrogen and oxygen atoms in total. The molecule has 0 aliphatic rings. The number of hydrogen-bond acceptors (Lipinski definition) is 7. The molecule has 0 spiro atoms. The van der Waals surface area contributed by atoms with Gasteiger partial charge in [-0.1, -0.05) is 0 Å². The fourth-order valence-corrected chi connectivity index (χ4v) is 5.08. The predicted molar refractivity (Wildman–Crippen MR) is 150 cm³/mol. The second kappa shape index (κ2) is 11.3. The lowest BCUT2D eigenvalue weighted by Crippen LogP contribution is -2.33. The number of nitrogens with zero attached hydrogens (tertiary/aromatic N) is 1. The predicted octanol–water partition coefficient (Wildman–Crippen LogP) is 4.89. The Balaban J connectivity index is 1.84. The van der Waals surface area contributed by atoms with Gasteiger partial charge < -0.3 is 24.9 Å². The number of hydrogen-bond donors (Lipinski definition) is 3. The molecule has 0 saturated carbocycles. The van der Waals surface area contributed by atoms with E-state index in [1.54, 1.807) is 56.3 Å². The summed E-state index contributed by atoms with van der Waals surface area (Å²) in [7, 11) is -2.26. The van der Waals surface area contributed by atoms with Crippen molar-refractivity contribution in [3.63, 3.8) is 0 Å². The zero-order valence-electron chi connectivity index (χ0n) is 22.0. The highest BCUT2D eigenvalue weighted by atomic mass is 32.2. The van der Waals surface area contributed by atoms with Crippen molar-refractivity contribution in [2.45, 2.75) is 20.0 Å². The Kier molecular flexibility index (Phi) is 8.12. The van der Waals surface area contributed by atoms with Gasteiger partial charge in [-0.3, -0.25) is 9.10 Å². The summed E-state index contributed by atoms with van der Waals surface area (Å²) in [5.41, 5.74) is 2.79. The number of aliphatic hydroxyl groups is 1. The average molecular weight is 556 g/mol. The Bertz CT molecular complexity index is 1580. The SMILES string of the molecule is CNC(=O)c1c(-c2ccc(Nc3ccc(F)cc3)cc2)oc2cc(N(CCO)S(C)(=O)=O)c(OC(C)C)cc12. The molecule has 1 aromatic heterocycles. The van der Waals surface area contributed by atoms with Crippen LogP contribution in [-0.2, 0) is 10.0 Å². The summed E-state index contributed by atoms with van der Waals surface area (Å²) in [6, 6.07) is 16.2. The Morgan fingerprint density at radius 3 is 2.23 bits per heavy atom. The number of anilines is 3. The van der Waals surface area contributed by atoms with Gasteiger partial charge in [-0.2, -0.15) is 0 Å². The van der Waals surface area contributed by atoms with Crippen molar-refractivity contribution in [3.8, 4) is 17.1 Å². The molecule has 3 aromatic carbocycles. The van der Waals surface area contributed by atoms with Crippen LogP contribution in [0.25, 0.3) is 22.3 Å². The molecular formula is C28H30FN3O6S. The summed E-state index contributed by atoms with van der Waals surface area (Å²) in [6.45, 7) is 3.01. The van der Waals surface area contributed by atoms with E-state index in [1.165, 1.54) is 25.2 Å². The van der Waals surface area contributed by atoms with Crippen LogP contribution in [0.5, 0.6) is 5.75 Å². The summed E-state index contributed by atoms with van der Waals surface area (Å²) in [4.78, 5) is 13.0. The number of halogens is 1. The monoisotopic (exact) mass is 555 g/mol. The van der Waals surface area contributed by atoms with E-state index < -0.39 is 22.5 Å². The number of aliphatic hydroxyl groups excluding tert-OH is 1. The molecule has 0 bridgehead atoms. The molecule has 39 heavy (non-hydrogen) atoms. The molecule has 1 heterocycles. The van der Waals surface area contributed by atoms with Crippen molar-refractivity contribution < 1.29 is 31.9 Å². The standard InChI is InChI=1S/C28H30FN3O6S/c1-17(2)37-25-15-22-24(16-23(25)32(13-14-33)39(4,35)36)38-27(26(22)28(34)30-3)18-5-9-20(10-6-18)31-21-11-7-19(29)8-12-21/h5-12,15-17,31,33H,13-14H2,1-4H3,(H,30,34). The first kappa shape index (κ1) is 27.9. The van der Waals surface area contributed by atoms with Gasteiger partial charge in [0.1, 0.15) is 22.9 Å². The van der Waals surface area contributed by atoms with Crippen molar-refractivity contribution in [2.24, 2.45) is 0 Å². The van der Waals surface area contributed by atoms with Gasteiger partial charge in [0.15, 0.2) is 0 Å². The fraction of sp³-hybridized carbons (Fsp3) is 0.250. The zero-order chi connectivity index (χ0) is 28.3. The number of rotatable bonds is 10. The van der Waals surface area contributed by atoms with Crippen molar-refractivity contribution in [3.05, 3.63) is 72.0 Å². The first-order valence-electron chi connectivity index (χ1n) is 12.2. The minimum atomic E-state index is -3.77. The van der Waals surface area contributed by atoms with Gasteiger partial charge in [-0.05, 0) is 68.4 Å². The smallest absolute Gasteiger partial charge is 0.255 e. The second-order valence-corrected chi connectivity index (χ2v) is 11.0. The number of fused-ring (bicyclic) bond motifs is 1. The quantitative estimate of drug-likeness (QED) is 0.255. The molecule has 3 N–H and O–H groups in total. The Morgan fingerprint density at radius 2 is 1.69 bits per heavy atom. The van der Waals surface area contributed by atoms with Gasteiger partial charge in [0.05, 0.1) is 36.8 Å². The maximum atomic E-state index is 13.2. The number of carbonyl (C=O) groups is 1. The maximum absolute atomic E-state index is 13.2. The first-order valence-corrected chi connectivity index (χ1v) is 14.1. The van der Waals surface area contributed by atoms with E-state index in [0.29, 0.717) is 22.4 Å². The van der Waals surface area contributed by atoms with E-state index in [1.807, 2.05) is 0 Å². The van der Waals surface area contributed by atoms with Gasteiger partial charge in [0, 0.05) is 35.4 Å². The van der Waals surface area contributed by atoms with Gasteiger partial charge in [-0.15, -0.1) is 0 Å². The van der Waals surface area contributed by atoms with Crippen LogP contribution in [-0.4, -0.2) is 52.0 Å². The molecule has 0 atom stereocenters. The molecule has 0 saturated heterocycles. The molecule has 1 amide bonds.